The lowest BCUT2D eigenvalue weighted by Crippen LogP contribution is -1.95. The van der Waals surface area contributed by atoms with E-state index in [1.54, 1.807) is 18.2 Å². The fraction of sp³-hybridized carbons (Fsp3) is 0.235. The number of fused-ring (bicyclic) bond motifs is 1. The van der Waals surface area contributed by atoms with Gasteiger partial charge >= 0.3 is 0 Å². The molecule has 1 atom stereocenters. The van der Waals surface area contributed by atoms with Gasteiger partial charge in [-0.3, -0.25) is 4.79 Å². The summed E-state index contributed by atoms with van der Waals surface area (Å²) in [5, 5.41) is 0. The van der Waals surface area contributed by atoms with Crippen molar-refractivity contribution in [2.24, 2.45) is 0 Å². The van der Waals surface area contributed by atoms with Gasteiger partial charge in [0, 0.05) is 28.3 Å². The number of rotatable bonds is 6. The van der Waals surface area contributed by atoms with Gasteiger partial charge in [0.2, 0.25) is 0 Å². The van der Waals surface area contributed by atoms with Gasteiger partial charge in [0.05, 0.1) is 0 Å². The highest BCUT2D eigenvalue weighted by molar-refractivity contribution is 8.67. The van der Waals surface area contributed by atoms with Crippen LogP contribution in [0.3, 0.4) is 0 Å². The van der Waals surface area contributed by atoms with E-state index in [9.17, 15) is 9.69 Å². The maximum absolute atomic E-state index is 11.8. The van der Waals surface area contributed by atoms with Crippen molar-refractivity contribution >= 4 is 46.3 Å². The second kappa shape index (κ2) is 7.59. The number of carbonyl (C=O) groups is 1. The van der Waals surface area contributed by atoms with Crippen LogP contribution < -0.4 is 4.52 Å². The number of halogens is 1. The molecule has 0 aliphatic heterocycles. The van der Waals surface area contributed by atoms with Gasteiger partial charge in [-0.05, 0) is 59.8 Å². The second-order valence-corrected chi connectivity index (χ2v) is 11.8. The molecule has 3 rings (SSSR count). The van der Waals surface area contributed by atoms with Crippen LogP contribution in [0, 0.1) is 0 Å². The van der Waals surface area contributed by atoms with Gasteiger partial charge in [-0.25, -0.2) is 0 Å². The summed E-state index contributed by atoms with van der Waals surface area (Å²) < 4.78 is 5.75. The Morgan fingerprint density at radius 1 is 1.21 bits per heavy atom. The average Bonchev–Trinajstić information content (AvgIpc) is 2.92. The lowest BCUT2D eigenvalue weighted by atomic mass is 10.1. The number of carbonyl (C=O) groups excluding carboxylic acids is 1. The van der Waals surface area contributed by atoms with Crippen LogP contribution in [0.1, 0.15) is 27.9 Å². The lowest BCUT2D eigenvalue weighted by molar-refractivity contribution is 0.0994. The Kier molecular flexibility index (Phi) is 5.68. The highest BCUT2D eigenvalue weighted by Crippen LogP contribution is 2.59. The van der Waals surface area contributed by atoms with E-state index in [0.717, 1.165) is 33.8 Å². The molecule has 1 unspecified atom stereocenters. The van der Waals surface area contributed by atoms with Crippen molar-refractivity contribution in [2.75, 3.05) is 5.88 Å². The molecule has 0 radical (unpaired) electrons. The maximum Gasteiger partial charge on any atom is 0.299 e. The van der Waals surface area contributed by atoms with Gasteiger partial charge in [-0.1, -0.05) is 24.3 Å². The van der Waals surface area contributed by atoms with Crippen LogP contribution in [-0.4, -0.2) is 16.6 Å². The largest absolute Gasteiger partial charge is 0.436 e. The topological polar surface area (TPSA) is 46.5 Å². The summed E-state index contributed by atoms with van der Waals surface area (Å²) in [6.07, 6.45) is 1.93. The minimum atomic E-state index is -3.11. The highest BCUT2D eigenvalue weighted by Gasteiger charge is 2.26. The van der Waals surface area contributed by atoms with Crippen LogP contribution in [0.25, 0.3) is 0 Å². The van der Waals surface area contributed by atoms with Crippen molar-refractivity contribution < 1.29 is 14.2 Å². The Morgan fingerprint density at radius 2 is 1.96 bits per heavy atom. The van der Waals surface area contributed by atoms with Gasteiger partial charge in [0.15, 0.2) is 5.78 Å². The first-order valence-corrected chi connectivity index (χ1v) is 12.1. The van der Waals surface area contributed by atoms with Crippen molar-refractivity contribution in [2.45, 2.75) is 24.2 Å². The molecule has 0 heterocycles. The van der Waals surface area contributed by atoms with Gasteiger partial charge < -0.3 is 9.42 Å². The van der Waals surface area contributed by atoms with E-state index in [1.165, 1.54) is 0 Å². The second-order valence-electron chi connectivity index (χ2n) is 5.44. The number of aryl methyl sites for hydroxylation is 1. The molecule has 1 N–H and O–H groups in total. The fourth-order valence-corrected chi connectivity index (χ4v) is 6.38. The third kappa shape index (κ3) is 4.22. The summed E-state index contributed by atoms with van der Waals surface area (Å²) in [5.74, 6) is 1.21. The van der Waals surface area contributed by atoms with Gasteiger partial charge in [0.25, 0.3) is 5.69 Å². The molecule has 3 nitrogen and oxygen atoms in total. The summed E-state index contributed by atoms with van der Waals surface area (Å²) in [6.45, 7) is 0. The SMILES string of the molecule is O=C1CCc2c(OP(O)(=S)Sc3ccc(CCCl)cc3)cccc21. The third-order valence-electron chi connectivity index (χ3n) is 3.78. The molecule has 0 aromatic heterocycles. The molecule has 0 saturated carbocycles. The standard InChI is InChI=1S/C17H16ClO3PS2/c18-11-10-12-4-6-13(7-5-12)24-22(20,23)21-17-3-1-2-14-15(17)8-9-16(14)19/h1-7H,8-11H2,(H,20,23). The van der Waals surface area contributed by atoms with Gasteiger partial charge in [-0.2, -0.15) is 0 Å². The number of ketones is 1. The first kappa shape index (κ1) is 18.0. The van der Waals surface area contributed by atoms with Gasteiger partial charge in [-0.15, -0.1) is 11.6 Å². The molecule has 7 heteroatoms. The first-order valence-electron chi connectivity index (χ1n) is 7.50. The molecule has 2 aromatic carbocycles. The predicted molar refractivity (Wildman–Crippen MR) is 103 cm³/mol. The fourth-order valence-electron chi connectivity index (χ4n) is 2.65. The van der Waals surface area contributed by atoms with Crippen molar-refractivity contribution in [1.29, 1.82) is 0 Å². The van der Waals surface area contributed by atoms with E-state index in [4.69, 9.17) is 27.9 Å². The minimum Gasteiger partial charge on any atom is -0.436 e. The van der Waals surface area contributed by atoms with Crippen molar-refractivity contribution in [3.8, 4) is 5.75 Å². The van der Waals surface area contributed by atoms with E-state index in [0.29, 0.717) is 30.0 Å². The Bertz CT molecular complexity index is 808. The van der Waals surface area contributed by atoms with E-state index in [2.05, 4.69) is 0 Å². The molecule has 0 amide bonds. The van der Waals surface area contributed by atoms with Crippen molar-refractivity contribution in [3.63, 3.8) is 0 Å². The molecule has 126 valence electrons. The minimum absolute atomic E-state index is 0.115. The van der Waals surface area contributed by atoms with Gasteiger partial charge in [0.1, 0.15) is 5.75 Å². The zero-order valence-electron chi connectivity index (χ0n) is 12.8. The zero-order chi connectivity index (χ0) is 17.2. The molecule has 1 aliphatic rings. The van der Waals surface area contributed by atoms with Crippen LogP contribution in [0.4, 0.5) is 0 Å². The lowest BCUT2D eigenvalue weighted by Gasteiger charge is -2.18. The van der Waals surface area contributed by atoms with Crippen LogP contribution in [0.5, 0.6) is 5.75 Å². The zero-order valence-corrected chi connectivity index (χ0v) is 16.1. The molecule has 0 saturated heterocycles. The molecule has 0 spiro atoms. The van der Waals surface area contributed by atoms with Crippen LogP contribution >= 0.6 is 28.7 Å². The van der Waals surface area contributed by atoms with Crippen LogP contribution in [-0.2, 0) is 24.6 Å². The Morgan fingerprint density at radius 3 is 2.67 bits per heavy atom. The monoisotopic (exact) mass is 398 g/mol. The molecule has 1 aliphatic carbocycles. The highest BCUT2D eigenvalue weighted by atomic mass is 35.5. The van der Waals surface area contributed by atoms with E-state index >= 15 is 0 Å². The average molecular weight is 399 g/mol. The molecule has 0 fully saturated rings. The first-order chi connectivity index (χ1) is 11.5. The summed E-state index contributed by atoms with van der Waals surface area (Å²) in [5.41, 5.74) is -0.437. The summed E-state index contributed by atoms with van der Waals surface area (Å²) in [4.78, 5) is 23.2. The molecule has 2 aromatic rings. The number of alkyl halides is 1. The summed E-state index contributed by atoms with van der Waals surface area (Å²) in [6, 6.07) is 13.1. The molecular weight excluding hydrogens is 383 g/mol. The quantitative estimate of drug-likeness (QED) is 0.549. The predicted octanol–water partition coefficient (Wildman–Crippen LogP) is 4.98. The van der Waals surface area contributed by atoms with Crippen molar-refractivity contribution in [1.82, 2.24) is 0 Å². The normalized spacial score (nSPS) is 15.8. The van der Waals surface area contributed by atoms with Crippen molar-refractivity contribution in [3.05, 3.63) is 59.2 Å². The van der Waals surface area contributed by atoms with E-state index in [1.807, 2.05) is 24.3 Å². The number of Topliss-reactive ketones (excluding diaryl/α,β-unsaturated/α-hetero) is 1. The third-order valence-corrected chi connectivity index (χ3v) is 7.55. The molecule has 24 heavy (non-hydrogen) atoms. The Labute approximate surface area is 155 Å². The summed E-state index contributed by atoms with van der Waals surface area (Å²) >= 11 is 12.2. The maximum atomic E-state index is 11.8. The van der Waals surface area contributed by atoms with Crippen LogP contribution in [0.15, 0.2) is 47.4 Å². The number of hydrogen-bond acceptors (Lipinski definition) is 4. The molecule has 0 bridgehead atoms. The Hall–Kier alpha value is -0.840. The summed E-state index contributed by atoms with van der Waals surface area (Å²) in [7, 11) is 0. The van der Waals surface area contributed by atoms with E-state index in [-0.39, 0.29) is 5.78 Å². The van der Waals surface area contributed by atoms with E-state index < -0.39 is 5.69 Å². The molecular formula is C17H16ClO3PS2. The van der Waals surface area contributed by atoms with Crippen LogP contribution in [0.2, 0.25) is 0 Å². The Balaban J connectivity index is 1.75. The smallest absolute Gasteiger partial charge is 0.299 e. The number of benzene rings is 2. The number of hydrogen-bond donors (Lipinski definition) is 1.